The molecule has 0 unspecified atom stereocenters. The first-order valence-corrected chi connectivity index (χ1v) is 6.05. The minimum Gasteiger partial charge on any atom is -0.472 e. The number of hydrogen-bond acceptors (Lipinski definition) is 3. The van der Waals surface area contributed by atoms with Gasteiger partial charge >= 0.3 is 0 Å². The van der Waals surface area contributed by atoms with Gasteiger partial charge in [0.25, 0.3) is 0 Å². The number of rotatable bonds is 4. The van der Waals surface area contributed by atoms with Crippen LogP contribution in [0, 0.1) is 0 Å². The van der Waals surface area contributed by atoms with E-state index in [9.17, 15) is 0 Å². The average Bonchev–Trinajstić information content (AvgIpc) is 2.96. The summed E-state index contributed by atoms with van der Waals surface area (Å²) in [6.45, 7) is 0.514. The lowest BCUT2D eigenvalue weighted by Gasteiger charge is -2.02. The zero-order valence-electron chi connectivity index (χ0n) is 10.3. The van der Waals surface area contributed by atoms with Crippen molar-refractivity contribution in [2.24, 2.45) is 0 Å². The first-order valence-electron chi connectivity index (χ1n) is 6.05. The van der Waals surface area contributed by atoms with Crippen LogP contribution in [0.15, 0.2) is 67.0 Å². The molecule has 1 aromatic carbocycles. The Hall–Kier alpha value is -2.62. The van der Waals surface area contributed by atoms with Crippen molar-refractivity contribution in [1.82, 2.24) is 14.8 Å². The standard InChI is InChI=1S/C15H13N3O/c1-2-6-13(7-3-1)12-19-15-9-11-18(17-15)14-8-4-5-10-16-14/h1-11H,12H2. The molecule has 4 heteroatoms. The SMILES string of the molecule is c1ccc(COc2ccn(-c3ccccn3)n2)cc1. The topological polar surface area (TPSA) is 39.9 Å². The van der Waals surface area contributed by atoms with Crippen LogP contribution in [0.4, 0.5) is 0 Å². The van der Waals surface area contributed by atoms with E-state index in [1.165, 1.54) is 0 Å². The molecule has 0 aliphatic heterocycles. The van der Waals surface area contributed by atoms with Crippen molar-refractivity contribution >= 4 is 0 Å². The number of pyridine rings is 1. The van der Waals surface area contributed by atoms with E-state index in [-0.39, 0.29) is 0 Å². The fraction of sp³-hybridized carbons (Fsp3) is 0.0667. The highest BCUT2D eigenvalue weighted by atomic mass is 16.5. The van der Waals surface area contributed by atoms with Crippen LogP contribution >= 0.6 is 0 Å². The van der Waals surface area contributed by atoms with Crippen LogP contribution in [0.3, 0.4) is 0 Å². The predicted molar refractivity (Wildman–Crippen MR) is 72.1 cm³/mol. The van der Waals surface area contributed by atoms with E-state index in [1.54, 1.807) is 10.9 Å². The Kier molecular flexibility index (Phi) is 3.23. The lowest BCUT2D eigenvalue weighted by atomic mass is 10.2. The third kappa shape index (κ3) is 2.80. The maximum Gasteiger partial charge on any atom is 0.233 e. The minimum atomic E-state index is 0.514. The molecule has 4 nitrogen and oxygen atoms in total. The molecular formula is C15H13N3O. The fourth-order valence-corrected chi connectivity index (χ4v) is 1.73. The molecule has 0 amide bonds. The Morgan fingerprint density at radius 3 is 2.58 bits per heavy atom. The smallest absolute Gasteiger partial charge is 0.233 e. The third-order valence-corrected chi connectivity index (χ3v) is 2.68. The second-order valence-corrected chi connectivity index (χ2v) is 4.06. The summed E-state index contributed by atoms with van der Waals surface area (Å²) in [5.74, 6) is 1.37. The first kappa shape index (κ1) is 11.5. The van der Waals surface area contributed by atoms with Crippen LogP contribution in [0.1, 0.15) is 5.56 Å². The number of hydrogen-bond donors (Lipinski definition) is 0. The van der Waals surface area contributed by atoms with Crippen LogP contribution in [0.2, 0.25) is 0 Å². The van der Waals surface area contributed by atoms with Gasteiger partial charge in [0.2, 0.25) is 5.88 Å². The summed E-state index contributed by atoms with van der Waals surface area (Å²) in [6, 6.07) is 17.5. The van der Waals surface area contributed by atoms with Gasteiger partial charge in [-0.05, 0) is 17.7 Å². The van der Waals surface area contributed by atoms with Gasteiger partial charge in [0, 0.05) is 18.5 Å². The lowest BCUT2D eigenvalue weighted by molar-refractivity contribution is 0.292. The molecule has 0 atom stereocenters. The molecule has 0 N–H and O–H groups in total. The van der Waals surface area contributed by atoms with E-state index in [0.29, 0.717) is 12.5 Å². The third-order valence-electron chi connectivity index (χ3n) is 2.68. The van der Waals surface area contributed by atoms with Crippen molar-refractivity contribution in [2.45, 2.75) is 6.61 Å². The van der Waals surface area contributed by atoms with E-state index >= 15 is 0 Å². The second kappa shape index (κ2) is 5.35. The molecule has 0 fully saturated rings. The molecule has 0 bridgehead atoms. The second-order valence-electron chi connectivity index (χ2n) is 4.06. The molecule has 3 rings (SSSR count). The van der Waals surface area contributed by atoms with Gasteiger partial charge in [-0.3, -0.25) is 0 Å². The molecule has 0 spiro atoms. The van der Waals surface area contributed by atoms with E-state index in [1.807, 2.05) is 60.8 Å². The van der Waals surface area contributed by atoms with Crippen molar-refractivity contribution in [3.05, 3.63) is 72.6 Å². The maximum atomic E-state index is 5.63. The monoisotopic (exact) mass is 251 g/mol. The highest BCUT2D eigenvalue weighted by Gasteiger charge is 2.02. The highest BCUT2D eigenvalue weighted by molar-refractivity contribution is 5.22. The summed E-state index contributed by atoms with van der Waals surface area (Å²) in [5.41, 5.74) is 1.12. The first-order chi connectivity index (χ1) is 9.42. The molecular weight excluding hydrogens is 238 g/mol. The minimum absolute atomic E-state index is 0.514. The molecule has 0 saturated heterocycles. The quantitative estimate of drug-likeness (QED) is 0.715. The van der Waals surface area contributed by atoms with Crippen LogP contribution in [-0.2, 0) is 6.61 Å². The summed E-state index contributed by atoms with van der Waals surface area (Å²) in [6.07, 6.45) is 3.57. The summed E-state index contributed by atoms with van der Waals surface area (Å²) in [4.78, 5) is 4.23. The fourth-order valence-electron chi connectivity index (χ4n) is 1.73. The highest BCUT2D eigenvalue weighted by Crippen LogP contribution is 2.11. The van der Waals surface area contributed by atoms with E-state index < -0.39 is 0 Å². The molecule has 0 aliphatic carbocycles. The molecule has 94 valence electrons. The van der Waals surface area contributed by atoms with Crippen LogP contribution in [0.25, 0.3) is 5.82 Å². The number of benzene rings is 1. The van der Waals surface area contributed by atoms with Crippen molar-refractivity contribution in [3.8, 4) is 11.7 Å². The molecule has 0 aliphatic rings. The average molecular weight is 251 g/mol. The Labute approximate surface area is 111 Å². The van der Waals surface area contributed by atoms with Crippen molar-refractivity contribution in [1.29, 1.82) is 0 Å². The van der Waals surface area contributed by atoms with Gasteiger partial charge in [-0.1, -0.05) is 36.4 Å². The molecule has 0 radical (unpaired) electrons. The molecule has 3 aromatic rings. The molecule has 2 aromatic heterocycles. The van der Waals surface area contributed by atoms with Gasteiger partial charge in [0.15, 0.2) is 5.82 Å². The molecule has 19 heavy (non-hydrogen) atoms. The Morgan fingerprint density at radius 1 is 0.947 bits per heavy atom. The predicted octanol–water partition coefficient (Wildman–Crippen LogP) is 2.85. The summed E-state index contributed by atoms with van der Waals surface area (Å²) in [5, 5.41) is 4.33. The summed E-state index contributed by atoms with van der Waals surface area (Å²) >= 11 is 0. The molecule has 2 heterocycles. The van der Waals surface area contributed by atoms with Crippen LogP contribution < -0.4 is 4.74 Å². The number of ether oxygens (including phenoxy) is 1. The van der Waals surface area contributed by atoms with Gasteiger partial charge in [-0.25, -0.2) is 9.67 Å². The Bertz CT molecular complexity index is 635. The van der Waals surface area contributed by atoms with Gasteiger partial charge in [0.1, 0.15) is 6.61 Å². The van der Waals surface area contributed by atoms with Crippen LogP contribution in [-0.4, -0.2) is 14.8 Å². The van der Waals surface area contributed by atoms with Gasteiger partial charge in [-0.2, -0.15) is 0 Å². The summed E-state index contributed by atoms with van der Waals surface area (Å²) < 4.78 is 7.33. The van der Waals surface area contributed by atoms with Crippen molar-refractivity contribution in [3.63, 3.8) is 0 Å². The van der Waals surface area contributed by atoms with E-state index in [0.717, 1.165) is 11.4 Å². The maximum absolute atomic E-state index is 5.63. The normalized spacial score (nSPS) is 10.3. The number of aromatic nitrogens is 3. The van der Waals surface area contributed by atoms with Gasteiger partial charge < -0.3 is 4.74 Å². The Balaban J connectivity index is 1.69. The zero-order valence-corrected chi connectivity index (χ0v) is 10.3. The van der Waals surface area contributed by atoms with E-state index in [4.69, 9.17) is 4.74 Å². The summed E-state index contributed by atoms with van der Waals surface area (Å²) in [7, 11) is 0. The zero-order chi connectivity index (χ0) is 12.9. The van der Waals surface area contributed by atoms with E-state index in [2.05, 4.69) is 10.1 Å². The lowest BCUT2D eigenvalue weighted by Crippen LogP contribution is -1.99. The largest absolute Gasteiger partial charge is 0.472 e. The Morgan fingerprint density at radius 2 is 1.79 bits per heavy atom. The van der Waals surface area contributed by atoms with Crippen molar-refractivity contribution in [2.75, 3.05) is 0 Å². The van der Waals surface area contributed by atoms with Gasteiger partial charge in [0.05, 0.1) is 0 Å². The van der Waals surface area contributed by atoms with Crippen LogP contribution in [0.5, 0.6) is 5.88 Å². The van der Waals surface area contributed by atoms with Gasteiger partial charge in [-0.15, -0.1) is 5.10 Å². The van der Waals surface area contributed by atoms with Crippen molar-refractivity contribution < 1.29 is 4.74 Å². The molecule has 0 saturated carbocycles. The number of nitrogens with zero attached hydrogens (tertiary/aromatic N) is 3.